The normalized spacial score (nSPS) is 16.5. The van der Waals surface area contributed by atoms with Gasteiger partial charge in [-0.1, -0.05) is 66.7 Å². The van der Waals surface area contributed by atoms with Crippen molar-refractivity contribution in [3.05, 3.63) is 94.5 Å². The van der Waals surface area contributed by atoms with E-state index >= 15 is 0 Å². The Balaban J connectivity index is 1.85. The maximum atomic E-state index is 10.9. The number of hydrogen-bond acceptors (Lipinski definition) is 2. The average Bonchev–Trinajstić information content (AvgIpc) is 2.84. The molecule has 0 spiro atoms. The van der Waals surface area contributed by atoms with E-state index in [0.29, 0.717) is 5.92 Å². The van der Waals surface area contributed by atoms with Crippen LogP contribution in [0.3, 0.4) is 0 Å². The van der Waals surface area contributed by atoms with Crippen molar-refractivity contribution in [3.8, 4) is 11.1 Å². The molecule has 0 saturated heterocycles. The molecule has 2 nitrogen and oxygen atoms in total. The van der Waals surface area contributed by atoms with Gasteiger partial charge in [0.05, 0.1) is 11.2 Å². The summed E-state index contributed by atoms with van der Waals surface area (Å²) in [6.45, 7) is 7.32. The first-order chi connectivity index (χ1) is 14.2. The third-order valence-electron chi connectivity index (χ3n) is 6.42. The van der Waals surface area contributed by atoms with Gasteiger partial charge in [0.1, 0.15) is 0 Å². The number of aliphatic hydroxyl groups is 2. The third-order valence-corrected chi connectivity index (χ3v) is 6.42. The Morgan fingerprint density at radius 1 is 0.733 bits per heavy atom. The minimum atomic E-state index is -0.968. The highest BCUT2D eigenvalue weighted by molar-refractivity contribution is 5.72. The SMILES string of the molecule is CC(C)(O)c1cccc(C(C)(C)O)c1CC1CCc2ccccc2-c2ccccc21. The summed E-state index contributed by atoms with van der Waals surface area (Å²) in [5.41, 5.74) is 6.33. The first kappa shape index (κ1) is 20.8. The first-order valence-electron chi connectivity index (χ1n) is 10.9. The molecule has 1 unspecified atom stereocenters. The predicted molar refractivity (Wildman–Crippen MR) is 124 cm³/mol. The van der Waals surface area contributed by atoms with E-state index in [4.69, 9.17) is 0 Å². The van der Waals surface area contributed by atoms with Crippen molar-refractivity contribution < 1.29 is 10.2 Å². The van der Waals surface area contributed by atoms with Crippen LogP contribution in [0.1, 0.15) is 67.9 Å². The number of aryl methyl sites for hydroxylation is 1. The van der Waals surface area contributed by atoms with Crippen molar-refractivity contribution in [2.45, 2.75) is 64.1 Å². The van der Waals surface area contributed by atoms with Crippen molar-refractivity contribution in [1.82, 2.24) is 0 Å². The summed E-state index contributed by atoms with van der Waals surface area (Å²) in [5.74, 6) is 0.318. The highest BCUT2D eigenvalue weighted by atomic mass is 16.3. The quantitative estimate of drug-likeness (QED) is 0.557. The maximum Gasteiger partial charge on any atom is 0.0843 e. The van der Waals surface area contributed by atoms with Crippen molar-refractivity contribution in [2.24, 2.45) is 0 Å². The maximum absolute atomic E-state index is 10.9. The van der Waals surface area contributed by atoms with E-state index in [9.17, 15) is 10.2 Å². The Labute approximate surface area is 180 Å². The molecule has 2 heteroatoms. The second-order valence-corrected chi connectivity index (χ2v) is 9.63. The van der Waals surface area contributed by atoms with Crippen molar-refractivity contribution >= 4 is 0 Å². The number of hydrogen-bond donors (Lipinski definition) is 2. The fraction of sp³-hybridized carbons (Fsp3) is 0.357. The van der Waals surface area contributed by atoms with Crippen molar-refractivity contribution in [3.63, 3.8) is 0 Å². The van der Waals surface area contributed by atoms with Crippen LogP contribution in [0.2, 0.25) is 0 Å². The Bertz CT molecular complexity index is 1020. The van der Waals surface area contributed by atoms with Crippen molar-refractivity contribution in [1.29, 1.82) is 0 Å². The summed E-state index contributed by atoms with van der Waals surface area (Å²) in [4.78, 5) is 0. The van der Waals surface area contributed by atoms with Crippen LogP contribution in [0.5, 0.6) is 0 Å². The fourth-order valence-corrected chi connectivity index (χ4v) is 5.00. The van der Waals surface area contributed by atoms with Crippen LogP contribution in [0.25, 0.3) is 11.1 Å². The molecule has 1 atom stereocenters. The van der Waals surface area contributed by atoms with E-state index in [1.807, 2.05) is 45.9 Å². The minimum absolute atomic E-state index is 0.318. The Morgan fingerprint density at radius 2 is 1.30 bits per heavy atom. The standard InChI is InChI=1S/C28H32O2/c1-27(2,29)25-14-9-15-26(28(3,4)30)24(25)18-20-17-16-19-10-5-6-11-21(19)23-13-8-7-12-22(20)23/h5-15,20,29-30H,16-18H2,1-4H3. The topological polar surface area (TPSA) is 40.5 Å². The molecule has 0 amide bonds. The molecule has 4 rings (SSSR count). The molecule has 2 N–H and O–H groups in total. The minimum Gasteiger partial charge on any atom is -0.386 e. The lowest BCUT2D eigenvalue weighted by Gasteiger charge is -2.30. The largest absolute Gasteiger partial charge is 0.386 e. The van der Waals surface area contributed by atoms with Gasteiger partial charge in [-0.2, -0.15) is 0 Å². The molecule has 0 fully saturated rings. The molecule has 1 aliphatic carbocycles. The summed E-state index contributed by atoms with van der Waals surface area (Å²) in [5, 5.41) is 21.8. The van der Waals surface area contributed by atoms with Gasteiger partial charge in [0, 0.05) is 0 Å². The summed E-state index contributed by atoms with van der Waals surface area (Å²) in [6.07, 6.45) is 2.86. The van der Waals surface area contributed by atoms with Crippen LogP contribution >= 0.6 is 0 Å². The van der Waals surface area contributed by atoms with Gasteiger partial charge < -0.3 is 10.2 Å². The van der Waals surface area contributed by atoms with E-state index < -0.39 is 11.2 Å². The average molecular weight is 401 g/mol. The molecule has 0 saturated carbocycles. The lowest BCUT2D eigenvalue weighted by Crippen LogP contribution is -2.25. The molecule has 0 heterocycles. The van der Waals surface area contributed by atoms with Crippen LogP contribution in [0.4, 0.5) is 0 Å². The zero-order valence-electron chi connectivity index (χ0n) is 18.4. The molecular weight excluding hydrogens is 368 g/mol. The van der Waals surface area contributed by atoms with Crippen LogP contribution in [-0.2, 0) is 24.0 Å². The van der Waals surface area contributed by atoms with E-state index in [2.05, 4.69) is 48.5 Å². The van der Waals surface area contributed by atoms with E-state index in [1.54, 1.807) is 0 Å². The highest BCUT2D eigenvalue weighted by Crippen LogP contribution is 2.42. The summed E-state index contributed by atoms with van der Waals surface area (Å²) in [6, 6.07) is 23.4. The van der Waals surface area contributed by atoms with Gasteiger partial charge >= 0.3 is 0 Å². The number of fused-ring (bicyclic) bond motifs is 3. The van der Waals surface area contributed by atoms with Gasteiger partial charge in [0.25, 0.3) is 0 Å². The predicted octanol–water partition coefficient (Wildman–Crippen LogP) is 6.08. The Kier molecular flexibility index (Phi) is 5.34. The van der Waals surface area contributed by atoms with Gasteiger partial charge in [-0.3, -0.25) is 0 Å². The monoisotopic (exact) mass is 400 g/mol. The smallest absolute Gasteiger partial charge is 0.0843 e. The van der Waals surface area contributed by atoms with Gasteiger partial charge in [-0.05, 0) is 91.8 Å². The third kappa shape index (κ3) is 3.95. The molecule has 0 bridgehead atoms. The summed E-state index contributed by atoms with van der Waals surface area (Å²) in [7, 11) is 0. The van der Waals surface area contributed by atoms with Gasteiger partial charge in [0.15, 0.2) is 0 Å². The fourth-order valence-electron chi connectivity index (χ4n) is 5.00. The number of benzene rings is 3. The van der Waals surface area contributed by atoms with Crippen molar-refractivity contribution in [2.75, 3.05) is 0 Å². The lowest BCUT2D eigenvalue weighted by atomic mass is 9.78. The van der Waals surface area contributed by atoms with E-state index in [-0.39, 0.29) is 0 Å². The van der Waals surface area contributed by atoms with Gasteiger partial charge in [0.2, 0.25) is 0 Å². The lowest BCUT2D eigenvalue weighted by molar-refractivity contribution is 0.0697. The molecule has 3 aromatic rings. The van der Waals surface area contributed by atoms with Crippen LogP contribution in [0.15, 0.2) is 66.7 Å². The van der Waals surface area contributed by atoms with Gasteiger partial charge in [-0.15, -0.1) is 0 Å². The molecular formula is C28H32O2. The summed E-state index contributed by atoms with van der Waals surface area (Å²) >= 11 is 0. The molecule has 3 aromatic carbocycles. The van der Waals surface area contributed by atoms with Crippen LogP contribution in [0, 0.1) is 0 Å². The zero-order chi connectivity index (χ0) is 21.5. The van der Waals surface area contributed by atoms with Crippen LogP contribution < -0.4 is 0 Å². The molecule has 156 valence electrons. The Hall–Kier alpha value is -2.42. The highest BCUT2D eigenvalue weighted by Gasteiger charge is 2.30. The molecule has 0 radical (unpaired) electrons. The second kappa shape index (κ2) is 7.68. The molecule has 30 heavy (non-hydrogen) atoms. The zero-order valence-corrected chi connectivity index (χ0v) is 18.4. The molecule has 1 aliphatic rings. The van der Waals surface area contributed by atoms with Gasteiger partial charge in [-0.25, -0.2) is 0 Å². The van der Waals surface area contributed by atoms with E-state index in [1.165, 1.54) is 22.3 Å². The summed E-state index contributed by atoms with van der Waals surface area (Å²) < 4.78 is 0. The Morgan fingerprint density at radius 3 is 1.93 bits per heavy atom. The second-order valence-electron chi connectivity index (χ2n) is 9.63. The van der Waals surface area contributed by atoms with E-state index in [0.717, 1.165) is 36.0 Å². The molecule has 0 aromatic heterocycles. The molecule has 0 aliphatic heterocycles. The number of rotatable bonds is 4. The van der Waals surface area contributed by atoms with Crippen LogP contribution in [-0.4, -0.2) is 10.2 Å². The first-order valence-corrected chi connectivity index (χ1v) is 10.9.